The van der Waals surface area contributed by atoms with E-state index in [4.69, 9.17) is 5.73 Å². The van der Waals surface area contributed by atoms with E-state index in [2.05, 4.69) is 13.2 Å². The third-order valence-electron chi connectivity index (χ3n) is 1.55. The number of hydrogen-bond donors (Lipinski definition) is 1. The smallest absolute Gasteiger partial charge is 0.0320 e. The lowest BCUT2D eigenvalue weighted by Gasteiger charge is -2.00. The molecule has 1 heteroatoms. The van der Waals surface area contributed by atoms with E-state index in [1.54, 1.807) is 12.2 Å². The standard InChI is InChI=1S/C10H11N.C2H6/c1-3-8-5-6-10(11)7-9(8)4-2;1-2/h3-7H,1-2,11H2;1-2H3. The maximum absolute atomic E-state index is 5.58. The lowest BCUT2D eigenvalue weighted by atomic mass is 10.1. The quantitative estimate of drug-likeness (QED) is 0.683. The molecule has 0 bridgehead atoms. The van der Waals surface area contributed by atoms with Crippen LogP contribution < -0.4 is 5.73 Å². The first-order valence-corrected chi connectivity index (χ1v) is 4.42. The lowest BCUT2D eigenvalue weighted by molar-refractivity contribution is 1.50. The summed E-state index contributed by atoms with van der Waals surface area (Å²) >= 11 is 0. The van der Waals surface area contributed by atoms with Crippen molar-refractivity contribution < 1.29 is 0 Å². The summed E-state index contributed by atoms with van der Waals surface area (Å²) in [6.07, 6.45) is 3.56. The molecule has 1 aromatic carbocycles. The summed E-state index contributed by atoms with van der Waals surface area (Å²) in [5.74, 6) is 0. The summed E-state index contributed by atoms with van der Waals surface area (Å²) in [5, 5.41) is 0. The maximum atomic E-state index is 5.58. The van der Waals surface area contributed by atoms with E-state index in [0.29, 0.717) is 0 Å². The molecule has 0 radical (unpaired) electrons. The number of nitrogens with two attached hydrogens (primary N) is 1. The van der Waals surface area contributed by atoms with E-state index in [0.717, 1.165) is 16.8 Å². The average molecular weight is 175 g/mol. The second-order valence-corrected chi connectivity index (χ2v) is 2.30. The second kappa shape index (κ2) is 6.06. The minimum Gasteiger partial charge on any atom is -0.399 e. The van der Waals surface area contributed by atoms with Gasteiger partial charge in [-0.05, 0) is 23.3 Å². The average Bonchev–Trinajstić information content (AvgIpc) is 2.20. The Hall–Kier alpha value is -1.50. The Bertz CT molecular complexity index is 287. The van der Waals surface area contributed by atoms with E-state index in [1.165, 1.54) is 0 Å². The van der Waals surface area contributed by atoms with Gasteiger partial charge in [0, 0.05) is 5.69 Å². The van der Waals surface area contributed by atoms with Crippen molar-refractivity contribution in [3.05, 3.63) is 42.5 Å². The van der Waals surface area contributed by atoms with Crippen LogP contribution in [0.4, 0.5) is 5.69 Å². The molecule has 0 aliphatic carbocycles. The first-order chi connectivity index (χ1) is 6.27. The van der Waals surface area contributed by atoms with Gasteiger partial charge in [-0.2, -0.15) is 0 Å². The molecule has 0 aliphatic heterocycles. The van der Waals surface area contributed by atoms with Crippen LogP contribution in [0.3, 0.4) is 0 Å². The van der Waals surface area contributed by atoms with Gasteiger partial charge in [-0.15, -0.1) is 0 Å². The fourth-order valence-corrected chi connectivity index (χ4v) is 0.956. The van der Waals surface area contributed by atoms with E-state index < -0.39 is 0 Å². The molecule has 0 saturated heterocycles. The van der Waals surface area contributed by atoms with Crippen molar-refractivity contribution in [1.82, 2.24) is 0 Å². The molecule has 2 N–H and O–H groups in total. The first kappa shape index (κ1) is 11.5. The van der Waals surface area contributed by atoms with Gasteiger partial charge in [-0.1, -0.05) is 45.2 Å². The predicted molar refractivity (Wildman–Crippen MR) is 62.4 cm³/mol. The van der Waals surface area contributed by atoms with Crippen LogP contribution in [0.1, 0.15) is 25.0 Å². The topological polar surface area (TPSA) is 26.0 Å². The highest BCUT2D eigenvalue weighted by Gasteiger charge is 1.93. The Morgan fingerprint density at radius 3 is 2.08 bits per heavy atom. The van der Waals surface area contributed by atoms with E-state index in [9.17, 15) is 0 Å². The van der Waals surface area contributed by atoms with Crippen molar-refractivity contribution in [3.8, 4) is 0 Å². The van der Waals surface area contributed by atoms with Crippen LogP contribution in [0.2, 0.25) is 0 Å². The van der Waals surface area contributed by atoms with Gasteiger partial charge in [0.15, 0.2) is 0 Å². The van der Waals surface area contributed by atoms with Crippen LogP contribution in [-0.4, -0.2) is 0 Å². The Morgan fingerprint density at radius 1 is 1.08 bits per heavy atom. The van der Waals surface area contributed by atoms with Gasteiger partial charge in [0.25, 0.3) is 0 Å². The van der Waals surface area contributed by atoms with Crippen LogP contribution >= 0.6 is 0 Å². The van der Waals surface area contributed by atoms with Crippen LogP contribution in [0.15, 0.2) is 31.4 Å². The van der Waals surface area contributed by atoms with E-state index in [-0.39, 0.29) is 0 Å². The van der Waals surface area contributed by atoms with E-state index in [1.807, 2.05) is 32.0 Å². The molecule has 0 aromatic heterocycles. The van der Waals surface area contributed by atoms with Crippen LogP contribution in [0.5, 0.6) is 0 Å². The van der Waals surface area contributed by atoms with Gasteiger partial charge in [0.1, 0.15) is 0 Å². The minimum absolute atomic E-state index is 0.755. The van der Waals surface area contributed by atoms with Gasteiger partial charge in [-0.25, -0.2) is 0 Å². The zero-order valence-corrected chi connectivity index (χ0v) is 8.38. The van der Waals surface area contributed by atoms with Gasteiger partial charge in [-0.3, -0.25) is 0 Å². The summed E-state index contributed by atoms with van der Waals surface area (Å²) in [6.45, 7) is 11.4. The number of nitrogen functional groups attached to an aromatic ring is 1. The number of rotatable bonds is 2. The van der Waals surface area contributed by atoms with Crippen LogP contribution in [0, 0.1) is 0 Å². The Balaban J connectivity index is 0.000000671. The molecule has 0 spiro atoms. The molecule has 0 unspecified atom stereocenters. The fraction of sp³-hybridized carbons (Fsp3) is 0.167. The minimum atomic E-state index is 0.755. The second-order valence-electron chi connectivity index (χ2n) is 2.30. The summed E-state index contributed by atoms with van der Waals surface area (Å²) < 4.78 is 0. The summed E-state index contributed by atoms with van der Waals surface area (Å²) in [6, 6.07) is 5.66. The van der Waals surface area contributed by atoms with Gasteiger partial charge >= 0.3 is 0 Å². The zero-order chi connectivity index (χ0) is 10.3. The van der Waals surface area contributed by atoms with Crippen molar-refractivity contribution in [3.63, 3.8) is 0 Å². The molecule has 0 amide bonds. The first-order valence-electron chi connectivity index (χ1n) is 4.42. The maximum Gasteiger partial charge on any atom is 0.0320 e. The fourth-order valence-electron chi connectivity index (χ4n) is 0.956. The Morgan fingerprint density at radius 2 is 1.62 bits per heavy atom. The monoisotopic (exact) mass is 175 g/mol. The molecule has 1 aromatic rings. The normalized spacial score (nSPS) is 8.15. The molecule has 0 fully saturated rings. The molecule has 0 heterocycles. The number of hydrogen-bond acceptors (Lipinski definition) is 1. The molecule has 0 aliphatic rings. The van der Waals surface area contributed by atoms with Crippen LogP contribution in [0.25, 0.3) is 12.2 Å². The van der Waals surface area contributed by atoms with Gasteiger partial charge in [0.2, 0.25) is 0 Å². The molecule has 1 nitrogen and oxygen atoms in total. The third kappa shape index (κ3) is 3.16. The Labute approximate surface area is 80.6 Å². The van der Waals surface area contributed by atoms with Gasteiger partial charge < -0.3 is 5.73 Å². The van der Waals surface area contributed by atoms with Gasteiger partial charge in [0.05, 0.1) is 0 Å². The predicted octanol–water partition coefficient (Wildman–Crippen LogP) is 3.58. The number of anilines is 1. The van der Waals surface area contributed by atoms with E-state index >= 15 is 0 Å². The molecule has 13 heavy (non-hydrogen) atoms. The SMILES string of the molecule is C=Cc1ccc(N)cc1C=C.CC. The summed E-state index contributed by atoms with van der Waals surface area (Å²) in [5.41, 5.74) is 8.42. The number of benzene rings is 1. The molecule has 70 valence electrons. The van der Waals surface area contributed by atoms with Crippen molar-refractivity contribution in [2.24, 2.45) is 0 Å². The Kier molecular flexibility index (Phi) is 5.37. The largest absolute Gasteiger partial charge is 0.399 e. The highest BCUT2D eigenvalue weighted by atomic mass is 14.5. The molecule has 0 saturated carbocycles. The summed E-state index contributed by atoms with van der Waals surface area (Å²) in [7, 11) is 0. The zero-order valence-electron chi connectivity index (χ0n) is 8.38. The van der Waals surface area contributed by atoms with Crippen molar-refractivity contribution >= 4 is 17.8 Å². The van der Waals surface area contributed by atoms with Crippen molar-refractivity contribution in [1.29, 1.82) is 0 Å². The van der Waals surface area contributed by atoms with Crippen LogP contribution in [-0.2, 0) is 0 Å². The van der Waals surface area contributed by atoms with Crippen molar-refractivity contribution in [2.45, 2.75) is 13.8 Å². The summed E-state index contributed by atoms with van der Waals surface area (Å²) in [4.78, 5) is 0. The molecule has 0 atom stereocenters. The molecular formula is C12H17N. The molecular weight excluding hydrogens is 158 g/mol. The lowest BCUT2D eigenvalue weighted by Crippen LogP contribution is -1.86. The van der Waals surface area contributed by atoms with Crippen molar-refractivity contribution in [2.75, 3.05) is 5.73 Å². The molecule has 1 rings (SSSR count). The third-order valence-corrected chi connectivity index (χ3v) is 1.55. The highest BCUT2D eigenvalue weighted by Crippen LogP contribution is 2.15. The highest BCUT2D eigenvalue weighted by molar-refractivity contribution is 5.67.